The Kier molecular flexibility index (Phi) is 5.19. The van der Waals surface area contributed by atoms with E-state index in [2.05, 4.69) is 20.8 Å². The largest absolute Gasteiger partial charge is 0.497 e. The summed E-state index contributed by atoms with van der Waals surface area (Å²) in [6.07, 6.45) is 3.99. The number of nitrogens with one attached hydrogen (secondary N) is 1. The molecule has 1 N–H and O–H groups in total. The lowest BCUT2D eigenvalue weighted by Crippen LogP contribution is -2.35. The zero-order valence-electron chi connectivity index (χ0n) is 13.7. The molecule has 0 bridgehead atoms. The van der Waals surface area contributed by atoms with Crippen molar-refractivity contribution < 1.29 is 4.74 Å². The molecule has 126 valence electrons. The molecule has 24 heavy (non-hydrogen) atoms. The summed E-state index contributed by atoms with van der Waals surface area (Å²) in [5.74, 6) is 1.47. The number of rotatable bonds is 4. The molecule has 0 aromatic heterocycles. The molecule has 1 aromatic carbocycles. The van der Waals surface area contributed by atoms with Gasteiger partial charge in [0.05, 0.1) is 13.7 Å². The lowest BCUT2D eigenvalue weighted by atomic mass is 10.1. The number of fused-ring (bicyclic) bond motifs is 1. The second kappa shape index (κ2) is 7.18. The topological polar surface area (TPSA) is 60.6 Å². The van der Waals surface area contributed by atoms with Crippen molar-refractivity contribution >= 4 is 34.6 Å². The van der Waals surface area contributed by atoms with Gasteiger partial charge >= 0.3 is 0 Å². The minimum Gasteiger partial charge on any atom is -0.497 e. The van der Waals surface area contributed by atoms with Gasteiger partial charge in [0, 0.05) is 12.2 Å². The van der Waals surface area contributed by atoms with Gasteiger partial charge in [0.2, 0.25) is 0 Å². The van der Waals surface area contributed by atoms with Crippen molar-refractivity contribution in [3.8, 4) is 11.8 Å². The summed E-state index contributed by atoms with van der Waals surface area (Å²) in [6, 6.07) is 10.1. The zero-order chi connectivity index (χ0) is 17.2. The van der Waals surface area contributed by atoms with Crippen LogP contribution < -0.4 is 9.82 Å². The Balaban J connectivity index is 1.91. The summed E-state index contributed by atoms with van der Waals surface area (Å²) in [5, 5.41) is 13.0. The number of nitriles is 1. The normalized spacial score (nSPS) is 24.5. The van der Waals surface area contributed by atoms with Crippen LogP contribution in [0, 0.1) is 11.3 Å². The van der Waals surface area contributed by atoms with Crippen LogP contribution in [-0.2, 0) is 18.4 Å². The van der Waals surface area contributed by atoms with Crippen molar-refractivity contribution in [3.63, 3.8) is 0 Å². The van der Waals surface area contributed by atoms with Crippen LogP contribution in [0.1, 0.15) is 18.4 Å². The number of allylic oxidation sites excluding steroid dienone is 1. The van der Waals surface area contributed by atoms with Gasteiger partial charge < -0.3 is 14.5 Å². The van der Waals surface area contributed by atoms with E-state index < -0.39 is 5.54 Å². The molecule has 0 aliphatic carbocycles. The van der Waals surface area contributed by atoms with E-state index >= 15 is 0 Å². The molecule has 3 rings (SSSR count). The molecular formula is C16H19N4OPS2. The Morgan fingerprint density at radius 3 is 2.83 bits per heavy atom. The van der Waals surface area contributed by atoms with Gasteiger partial charge in [-0.15, -0.1) is 0 Å². The second-order valence-corrected chi connectivity index (χ2v) is 12.6. The fraction of sp³-hybridized carbons (Fsp3) is 0.375. The van der Waals surface area contributed by atoms with Gasteiger partial charge in [0.25, 0.3) is 0 Å². The molecule has 0 unspecified atom stereocenters. The molecule has 8 heteroatoms. The zero-order valence-corrected chi connectivity index (χ0v) is 16.2. The van der Waals surface area contributed by atoms with Crippen LogP contribution in [0.15, 0.2) is 40.5 Å². The molecule has 1 atom stereocenters. The molecule has 2 aliphatic heterocycles. The van der Waals surface area contributed by atoms with Crippen molar-refractivity contribution in [1.82, 2.24) is 9.76 Å². The highest BCUT2D eigenvalue weighted by atomic mass is 32.9. The number of amidine groups is 1. The summed E-state index contributed by atoms with van der Waals surface area (Å²) in [6.45, 7) is 1.44. The van der Waals surface area contributed by atoms with E-state index in [1.54, 1.807) is 18.5 Å². The third-order valence-electron chi connectivity index (χ3n) is 4.12. The minimum absolute atomic E-state index is 0.508. The van der Waals surface area contributed by atoms with Crippen molar-refractivity contribution in [2.45, 2.75) is 19.4 Å². The Labute approximate surface area is 151 Å². The molecule has 0 spiro atoms. The smallest absolute Gasteiger partial charge is 0.178 e. The number of ether oxygens (including phenoxy) is 1. The minimum atomic E-state index is -1.97. The number of aliphatic imine (C=N–C) groups is 1. The molecule has 1 saturated heterocycles. The van der Waals surface area contributed by atoms with Gasteiger partial charge in [0.15, 0.2) is 5.54 Å². The highest BCUT2D eigenvalue weighted by Crippen LogP contribution is 2.63. The van der Waals surface area contributed by atoms with Crippen molar-refractivity contribution in [3.05, 3.63) is 41.1 Å². The van der Waals surface area contributed by atoms with Crippen LogP contribution in [0.25, 0.3) is 0 Å². The Bertz CT molecular complexity index is 782. The molecule has 0 saturated carbocycles. The first kappa shape index (κ1) is 17.3. The van der Waals surface area contributed by atoms with Crippen molar-refractivity contribution in [2.24, 2.45) is 4.99 Å². The quantitative estimate of drug-likeness (QED) is 0.807. The predicted octanol–water partition coefficient (Wildman–Crippen LogP) is 3.66. The molecule has 1 fully saturated rings. The summed E-state index contributed by atoms with van der Waals surface area (Å²) >= 11 is 7.55. The number of hydrogen-bond acceptors (Lipinski definition) is 5. The van der Waals surface area contributed by atoms with Crippen LogP contribution >= 0.6 is 16.9 Å². The highest BCUT2D eigenvalue weighted by Gasteiger charge is 2.38. The third kappa shape index (κ3) is 3.19. The SMILES string of the molecule is COc1ccc(CN=C2N[P@@](=S)(SC)N3CCCC3=C2C#N)cc1. The standard InChI is InChI=1S/C16H19N4OPS2/c1-21-13-7-5-12(6-8-13)11-18-16-14(10-17)15-4-3-9-20(15)22(23,19-16)24-2/h5-8H,3-4,9,11H2,1-2H3,(H,18,19,23)/t22-/m1/s1. The van der Waals surface area contributed by atoms with Crippen molar-refractivity contribution in [2.75, 3.05) is 19.9 Å². The highest BCUT2D eigenvalue weighted by molar-refractivity contribution is 8.69. The monoisotopic (exact) mass is 378 g/mol. The first-order valence-electron chi connectivity index (χ1n) is 7.64. The average Bonchev–Trinajstić information content (AvgIpc) is 3.11. The van der Waals surface area contributed by atoms with Crippen LogP contribution in [0.3, 0.4) is 0 Å². The maximum Gasteiger partial charge on any atom is 0.178 e. The first-order valence-corrected chi connectivity index (χ1v) is 12.2. The fourth-order valence-corrected chi connectivity index (χ4v) is 7.12. The van der Waals surface area contributed by atoms with Gasteiger partial charge in [-0.25, -0.2) is 0 Å². The maximum atomic E-state index is 9.62. The van der Waals surface area contributed by atoms with Crippen molar-refractivity contribution in [1.29, 1.82) is 5.26 Å². The van der Waals surface area contributed by atoms with Gasteiger partial charge in [-0.3, -0.25) is 4.99 Å². The van der Waals surface area contributed by atoms with E-state index in [0.29, 0.717) is 18.0 Å². The Hall–Kier alpha value is -1.48. The molecule has 2 aliphatic rings. The maximum absolute atomic E-state index is 9.62. The summed E-state index contributed by atoms with van der Waals surface area (Å²) in [5.41, 5.74) is 0.823. The molecule has 5 nitrogen and oxygen atoms in total. The number of hydrogen-bond donors (Lipinski definition) is 1. The third-order valence-corrected chi connectivity index (χ3v) is 10.7. The van der Waals surface area contributed by atoms with Crippen LogP contribution in [0.4, 0.5) is 0 Å². The second-order valence-electron chi connectivity index (χ2n) is 5.49. The lowest BCUT2D eigenvalue weighted by Gasteiger charge is -2.38. The van der Waals surface area contributed by atoms with Gasteiger partial charge in [-0.2, -0.15) is 5.26 Å². The van der Waals surface area contributed by atoms with Gasteiger partial charge in [-0.05, 0) is 48.6 Å². The van der Waals surface area contributed by atoms with Crippen LogP contribution in [0.5, 0.6) is 5.75 Å². The fourth-order valence-electron chi connectivity index (χ4n) is 2.87. The summed E-state index contributed by atoms with van der Waals surface area (Å²) in [4.78, 5) is 4.67. The lowest BCUT2D eigenvalue weighted by molar-refractivity contribution is 0.414. The molecular weight excluding hydrogens is 359 g/mol. The van der Waals surface area contributed by atoms with Crippen LogP contribution in [0.2, 0.25) is 0 Å². The number of benzene rings is 1. The Morgan fingerprint density at radius 2 is 2.21 bits per heavy atom. The molecule has 2 heterocycles. The van der Waals surface area contributed by atoms with E-state index in [1.807, 2.05) is 30.5 Å². The molecule has 0 amide bonds. The van der Waals surface area contributed by atoms with E-state index in [4.69, 9.17) is 16.5 Å². The predicted molar refractivity (Wildman–Crippen MR) is 104 cm³/mol. The van der Waals surface area contributed by atoms with E-state index in [9.17, 15) is 5.26 Å². The Morgan fingerprint density at radius 1 is 1.46 bits per heavy atom. The van der Waals surface area contributed by atoms with E-state index in [0.717, 1.165) is 36.4 Å². The van der Waals surface area contributed by atoms with Crippen LogP contribution in [-0.4, -0.2) is 30.4 Å². The number of nitrogens with zero attached hydrogens (tertiary/aromatic N) is 3. The first-order chi connectivity index (χ1) is 11.6. The molecule has 1 aromatic rings. The van der Waals surface area contributed by atoms with E-state index in [1.165, 1.54) is 0 Å². The van der Waals surface area contributed by atoms with E-state index in [-0.39, 0.29) is 0 Å². The van der Waals surface area contributed by atoms with Gasteiger partial charge in [0.1, 0.15) is 23.2 Å². The summed E-state index contributed by atoms with van der Waals surface area (Å²) in [7, 11) is 1.65. The number of methoxy groups -OCH3 is 1. The summed E-state index contributed by atoms with van der Waals surface area (Å²) < 4.78 is 7.41. The average molecular weight is 378 g/mol. The van der Waals surface area contributed by atoms with Gasteiger partial charge in [-0.1, -0.05) is 23.5 Å². The molecule has 0 radical (unpaired) electrons.